The fourth-order valence-corrected chi connectivity index (χ4v) is 1.66. The topological polar surface area (TPSA) is 46.2 Å². The van der Waals surface area contributed by atoms with Crippen LogP contribution in [0.25, 0.3) is 0 Å². The lowest BCUT2D eigenvalue weighted by molar-refractivity contribution is 0.587. The van der Waals surface area contributed by atoms with Crippen LogP contribution < -0.4 is 4.72 Å². The highest BCUT2D eigenvalue weighted by atomic mass is 32.2. The summed E-state index contributed by atoms with van der Waals surface area (Å²) >= 11 is 0. The van der Waals surface area contributed by atoms with Crippen LogP contribution in [0.5, 0.6) is 0 Å². The van der Waals surface area contributed by atoms with E-state index in [0.717, 1.165) is 11.8 Å². The van der Waals surface area contributed by atoms with Crippen LogP contribution in [-0.4, -0.2) is 14.7 Å². The van der Waals surface area contributed by atoms with Crippen LogP contribution >= 0.6 is 0 Å². The summed E-state index contributed by atoms with van der Waals surface area (Å²) in [6.07, 6.45) is 1.16. The van der Waals surface area contributed by atoms with Crippen molar-refractivity contribution in [3.63, 3.8) is 0 Å². The molecule has 0 aliphatic rings. The van der Waals surface area contributed by atoms with Crippen LogP contribution in [0.4, 0.5) is 0 Å². The molecule has 1 rings (SSSR count). The minimum absolute atomic E-state index is 0. The van der Waals surface area contributed by atoms with E-state index in [1.165, 1.54) is 5.56 Å². The van der Waals surface area contributed by atoms with E-state index in [-0.39, 0.29) is 1.43 Å². The van der Waals surface area contributed by atoms with Crippen molar-refractivity contribution in [2.24, 2.45) is 0 Å². The third kappa shape index (κ3) is 4.44. The predicted molar refractivity (Wildman–Crippen MR) is 64.3 cm³/mol. The van der Waals surface area contributed by atoms with Crippen LogP contribution in [0.2, 0.25) is 0 Å². The van der Waals surface area contributed by atoms with Gasteiger partial charge in [-0.25, -0.2) is 13.1 Å². The molecule has 0 aliphatic carbocycles. The zero-order valence-electron chi connectivity index (χ0n) is 9.32. The molecule has 0 aromatic heterocycles. The van der Waals surface area contributed by atoms with Crippen molar-refractivity contribution in [1.82, 2.24) is 4.72 Å². The Morgan fingerprint density at radius 2 is 1.80 bits per heavy atom. The maximum absolute atomic E-state index is 10.9. The Kier molecular flexibility index (Phi) is 3.88. The first-order valence-corrected chi connectivity index (χ1v) is 6.81. The summed E-state index contributed by atoms with van der Waals surface area (Å²) in [5, 5.41) is 0. The molecule has 0 spiro atoms. The van der Waals surface area contributed by atoms with E-state index >= 15 is 0 Å². The van der Waals surface area contributed by atoms with Crippen molar-refractivity contribution in [3.8, 4) is 0 Å². The van der Waals surface area contributed by atoms with Gasteiger partial charge in [0.25, 0.3) is 0 Å². The quantitative estimate of drug-likeness (QED) is 0.859. The van der Waals surface area contributed by atoms with Gasteiger partial charge in [-0.15, -0.1) is 0 Å². The SMILES string of the molecule is CC(C)c1ccc(CNS(C)(=O)=O)cc1.[HH]. The van der Waals surface area contributed by atoms with Gasteiger partial charge in [-0.3, -0.25) is 0 Å². The van der Waals surface area contributed by atoms with Crippen molar-refractivity contribution < 1.29 is 9.84 Å². The van der Waals surface area contributed by atoms with Crippen LogP contribution in [-0.2, 0) is 16.6 Å². The maximum atomic E-state index is 10.9. The molecular weight excluding hydrogens is 210 g/mol. The Labute approximate surface area is 93.1 Å². The fraction of sp³-hybridized carbons (Fsp3) is 0.455. The van der Waals surface area contributed by atoms with Crippen LogP contribution in [0, 0.1) is 0 Å². The average molecular weight is 229 g/mol. The molecule has 3 nitrogen and oxygen atoms in total. The largest absolute Gasteiger partial charge is 0.213 e. The molecule has 1 aromatic carbocycles. The lowest BCUT2D eigenvalue weighted by Gasteiger charge is -2.07. The van der Waals surface area contributed by atoms with Crippen molar-refractivity contribution in [2.75, 3.05) is 6.26 Å². The molecule has 0 saturated heterocycles. The highest BCUT2D eigenvalue weighted by Gasteiger charge is 2.02. The molecule has 0 fully saturated rings. The zero-order valence-corrected chi connectivity index (χ0v) is 10.1. The molecular formula is C11H19NO2S. The molecule has 0 bridgehead atoms. The first-order valence-electron chi connectivity index (χ1n) is 4.92. The molecule has 4 heteroatoms. The Morgan fingerprint density at radius 1 is 1.27 bits per heavy atom. The Balaban J connectivity index is 0.00000225. The molecule has 0 saturated carbocycles. The highest BCUT2D eigenvalue weighted by Crippen LogP contribution is 2.14. The van der Waals surface area contributed by atoms with E-state index in [0.29, 0.717) is 12.5 Å². The molecule has 0 aliphatic heterocycles. The van der Waals surface area contributed by atoms with Crippen LogP contribution in [0.15, 0.2) is 24.3 Å². The molecule has 86 valence electrons. The normalized spacial score (nSPS) is 12.0. The Morgan fingerprint density at radius 3 is 2.20 bits per heavy atom. The van der Waals surface area contributed by atoms with E-state index in [1.807, 2.05) is 24.3 Å². The number of hydrogen-bond acceptors (Lipinski definition) is 2. The second-order valence-electron chi connectivity index (χ2n) is 3.99. The Bertz CT molecular complexity index is 412. The third-order valence-electron chi connectivity index (χ3n) is 2.18. The van der Waals surface area contributed by atoms with Gasteiger partial charge < -0.3 is 0 Å². The van der Waals surface area contributed by atoms with Crippen molar-refractivity contribution in [3.05, 3.63) is 35.4 Å². The van der Waals surface area contributed by atoms with Crippen molar-refractivity contribution >= 4 is 10.0 Å². The van der Waals surface area contributed by atoms with Crippen molar-refractivity contribution in [1.29, 1.82) is 0 Å². The lowest BCUT2D eigenvalue weighted by atomic mass is 10.0. The van der Waals surface area contributed by atoms with E-state index in [9.17, 15) is 8.42 Å². The number of sulfonamides is 1. The first-order chi connectivity index (χ1) is 6.88. The average Bonchev–Trinajstić information content (AvgIpc) is 2.14. The van der Waals surface area contributed by atoms with Gasteiger partial charge in [-0.05, 0) is 17.0 Å². The second kappa shape index (κ2) is 4.77. The zero-order chi connectivity index (χ0) is 11.5. The van der Waals surface area contributed by atoms with Gasteiger partial charge in [0.2, 0.25) is 10.0 Å². The summed E-state index contributed by atoms with van der Waals surface area (Å²) in [7, 11) is -3.10. The number of benzene rings is 1. The first kappa shape index (κ1) is 12.2. The minimum atomic E-state index is -3.10. The van der Waals surface area contributed by atoms with Crippen LogP contribution in [0.3, 0.4) is 0 Å². The van der Waals surface area contributed by atoms with E-state index in [4.69, 9.17) is 0 Å². The third-order valence-corrected chi connectivity index (χ3v) is 2.85. The summed E-state index contributed by atoms with van der Waals surface area (Å²) in [5.41, 5.74) is 2.24. The number of nitrogens with one attached hydrogen (secondary N) is 1. The van der Waals surface area contributed by atoms with E-state index in [1.54, 1.807) is 0 Å². The Hall–Kier alpha value is -0.870. The molecule has 15 heavy (non-hydrogen) atoms. The van der Waals surface area contributed by atoms with Crippen molar-refractivity contribution in [2.45, 2.75) is 26.3 Å². The van der Waals surface area contributed by atoms with Crippen LogP contribution in [0.1, 0.15) is 32.3 Å². The summed E-state index contributed by atoms with van der Waals surface area (Å²) in [5.74, 6) is 0.502. The molecule has 1 aromatic rings. The van der Waals surface area contributed by atoms with E-state index < -0.39 is 10.0 Å². The van der Waals surface area contributed by atoms with Gasteiger partial charge in [-0.2, -0.15) is 0 Å². The maximum Gasteiger partial charge on any atom is 0.209 e. The van der Waals surface area contributed by atoms with Gasteiger partial charge in [-0.1, -0.05) is 38.1 Å². The van der Waals surface area contributed by atoms with Gasteiger partial charge in [0.1, 0.15) is 0 Å². The summed E-state index contributed by atoms with van der Waals surface area (Å²) in [4.78, 5) is 0. The van der Waals surface area contributed by atoms with Gasteiger partial charge in [0, 0.05) is 7.97 Å². The second-order valence-corrected chi connectivity index (χ2v) is 5.82. The molecule has 0 atom stereocenters. The van der Waals surface area contributed by atoms with Gasteiger partial charge >= 0.3 is 0 Å². The fourth-order valence-electron chi connectivity index (χ4n) is 1.23. The summed E-state index contributed by atoms with van der Waals surface area (Å²) in [6, 6.07) is 7.97. The van der Waals surface area contributed by atoms with Gasteiger partial charge in [0.15, 0.2) is 0 Å². The summed E-state index contributed by atoms with van der Waals surface area (Å²) < 4.78 is 24.2. The predicted octanol–water partition coefficient (Wildman–Crippen LogP) is 2.11. The van der Waals surface area contributed by atoms with Gasteiger partial charge in [0.05, 0.1) is 6.26 Å². The standard InChI is InChI=1S/C11H17NO2S.H2/c1-9(2)11-6-4-10(5-7-11)8-12-15(3,13)14;/h4-7,9,12H,8H2,1-3H3;1H. The summed E-state index contributed by atoms with van der Waals surface area (Å²) in [6.45, 7) is 4.62. The highest BCUT2D eigenvalue weighted by molar-refractivity contribution is 7.88. The molecule has 1 N–H and O–H groups in total. The molecule has 0 heterocycles. The van der Waals surface area contributed by atoms with E-state index in [2.05, 4.69) is 18.6 Å². The monoisotopic (exact) mass is 229 g/mol. The molecule has 0 radical (unpaired) electrons. The number of hydrogen-bond donors (Lipinski definition) is 1. The molecule has 0 unspecified atom stereocenters. The smallest absolute Gasteiger partial charge is 0.209 e. The minimum Gasteiger partial charge on any atom is -0.213 e. The lowest BCUT2D eigenvalue weighted by Crippen LogP contribution is -2.21. The number of rotatable bonds is 4. The molecule has 0 amide bonds.